The molecule has 0 radical (unpaired) electrons. The second-order valence-corrected chi connectivity index (χ2v) is 4.40. The smallest absolute Gasteiger partial charge is 0.244 e. The molecule has 1 aliphatic heterocycles. The van der Waals surface area contributed by atoms with Gasteiger partial charge in [-0.05, 0) is 37.6 Å². The number of hydrogen-bond acceptors (Lipinski definition) is 3. The minimum atomic E-state index is -0.0884. The van der Waals surface area contributed by atoms with E-state index in [1.54, 1.807) is 17.0 Å². The highest BCUT2D eigenvalue weighted by molar-refractivity contribution is 5.98. The Hall–Kier alpha value is -1.86. The van der Waals surface area contributed by atoms with Crippen LogP contribution >= 0.6 is 0 Å². The fourth-order valence-electron chi connectivity index (χ4n) is 2.31. The Bertz CT molecular complexity index is 476. The fourth-order valence-corrected chi connectivity index (χ4v) is 2.31. The van der Waals surface area contributed by atoms with Crippen LogP contribution in [0, 0.1) is 11.3 Å². The SMILES string of the molecule is CCNC1CCCN(c2cccc(C#N)c2)C1=O. The van der Waals surface area contributed by atoms with Gasteiger partial charge in [-0.1, -0.05) is 13.0 Å². The maximum absolute atomic E-state index is 12.3. The van der Waals surface area contributed by atoms with Gasteiger partial charge in [0.2, 0.25) is 5.91 Å². The molecule has 4 heteroatoms. The van der Waals surface area contributed by atoms with E-state index in [2.05, 4.69) is 11.4 Å². The third-order valence-corrected chi connectivity index (χ3v) is 3.18. The van der Waals surface area contributed by atoms with Crippen molar-refractivity contribution in [2.45, 2.75) is 25.8 Å². The number of nitriles is 1. The summed E-state index contributed by atoms with van der Waals surface area (Å²) in [6, 6.07) is 9.23. The summed E-state index contributed by atoms with van der Waals surface area (Å²) in [6.45, 7) is 3.53. The first-order valence-electron chi connectivity index (χ1n) is 6.31. The summed E-state index contributed by atoms with van der Waals surface area (Å²) in [6.07, 6.45) is 1.88. The minimum Gasteiger partial charge on any atom is -0.311 e. The quantitative estimate of drug-likeness (QED) is 0.878. The zero-order valence-corrected chi connectivity index (χ0v) is 10.5. The molecule has 1 amide bonds. The largest absolute Gasteiger partial charge is 0.311 e. The number of amides is 1. The van der Waals surface area contributed by atoms with E-state index in [1.165, 1.54) is 0 Å². The van der Waals surface area contributed by atoms with Crippen molar-refractivity contribution in [2.24, 2.45) is 0 Å². The van der Waals surface area contributed by atoms with E-state index in [4.69, 9.17) is 5.26 Å². The first kappa shape index (κ1) is 12.6. The first-order chi connectivity index (χ1) is 8.76. The van der Waals surface area contributed by atoms with Crippen LogP contribution in [-0.4, -0.2) is 25.0 Å². The highest BCUT2D eigenvalue weighted by atomic mass is 16.2. The van der Waals surface area contributed by atoms with Crippen molar-refractivity contribution in [3.8, 4) is 6.07 Å². The van der Waals surface area contributed by atoms with E-state index < -0.39 is 0 Å². The molecule has 0 bridgehead atoms. The highest BCUT2D eigenvalue weighted by Gasteiger charge is 2.28. The van der Waals surface area contributed by atoms with E-state index in [9.17, 15) is 4.79 Å². The van der Waals surface area contributed by atoms with Gasteiger partial charge in [0.1, 0.15) is 0 Å². The molecule has 0 aliphatic carbocycles. The number of benzene rings is 1. The number of carbonyl (C=O) groups is 1. The van der Waals surface area contributed by atoms with E-state index in [-0.39, 0.29) is 11.9 Å². The molecule has 1 aromatic rings. The molecule has 0 spiro atoms. The van der Waals surface area contributed by atoms with Crippen molar-refractivity contribution in [3.05, 3.63) is 29.8 Å². The molecule has 1 saturated heterocycles. The Kier molecular flexibility index (Phi) is 3.96. The Morgan fingerprint density at radius 2 is 2.39 bits per heavy atom. The number of hydrogen-bond donors (Lipinski definition) is 1. The molecule has 18 heavy (non-hydrogen) atoms. The molecule has 1 atom stereocenters. The molecule has 94 valence electrons. The van der Waals surface area contributed by atoms with Gasteiger partial charge in [-0.25, -0.2) is 0 Å². The van der Waals surface area contributed by atoms with Gasteiger partial charge >= 0.3 is 0 Å². The summed E-state index contributed by atoms with van der Waals surface area (Å²) in [5, 5.41) is 12.1. The number of nitrogens with one attached hydrogen (secondary N) is 1. The van der Waals surface area contributed by atoms with Gasteiger partial charge in [-0.15, -0.1) is 0 Å². The van der Waals surface area contributed by atoms with Gasteiger partial charge in [0.05, 0.1) is 17.7 Å². The predicted octanol–water partition coefficient (Wildman–Crippen LogP) is 1.66. The Labute approximate surface area is 107 Å². The third-order valence-electron chi connectivity index (χ3n) is 3.18. The molecule has 4 nitrogen and oxygen atoms in total. The predicted molar refractivity (Wildman–Crippen MR) is 70.2 cm³/mol. The van der Waals surface area contributed by atoms with E-state index >= 15 is 0 Å². The maximum Gasteiger partial charge on any atom is 0.244 e. The van der Waals surface area contributed by atoms with Crippen molar-refractivity contribution >= 4 is 11.6 Å². The molecule has 1 aliphatic rings. The van der Waals surface area contributed by atoms with Crippen LogP contribution in [0.25, 0.3) is 0 Å². The van der Waals surface area contributed by atoms with Gasteiger partial charge in [0.25, 0.3) is 0 Å². The molecular weight excluding hydrogens is 226 g/mol. The second kappa shape index (κ2) is 5.65. The van der Waals surface area contributed by atoms with Crippen LogP contribution < -0.4 is 10.2 Å². The zero-order chi connectivity index (χ0) is 13.0. The van der Waals surface area contributed by atoms with Crippen LogP contribution in [-0.2, 0) is 4.79 Å². The third kappa shape index (κ3) is 2.52. The molecular formula is C14H17N3O. The Morgan fingerprint density at radius 1 is 1.56 bits per heavy atom. The van der Waals surface area contributed by atoms with Crippen molar-refractivity contribution < 1.29 is 4.79 Å². The molecule has 2 rings (SSSR count). The van der Waals surface area contributed by atoms with Crippen molar-refractivity contribution in [2.75, 3.05) is 18.0 Å². The van der Waals surface area contributed by atoms with Crippen molar-refractivity contribution in [1.82, 2.24) is 5.32 Å². The lowest BCUT2D eigenvalue weighted by atomic mass is 10.0. The van der Waals surface area contributed by atoms with Crippen LogP contribution in [0.4, 0.5) is 5.69 Å². The van der Waals surface area contributed by atoms with Gasteiger partial charge in [0.15, 0.2) is 0 Å². The lowest BCUT2D eigenvalue weighted by Gasteiger charge is -2.32. The van der Waals surface area contributed by atoms with Gasteiger partial charge in [-0.2, -0.15) is 5.26 Å². The van der Waals surface area contributed by atoms with Crippen molar-refractivity contribution in [1.29, 1.82) is 5.26 Å². The number of anilines is 1. The average Bonchev–Trinajstić information content (AvgIpc) is 2.41. The summed E-state index contributed by atoms with van der Waals surface area (Å²) in [4.78, 5) is 14.1. The number of likely N-dealkylation sites (N-methyl/N-ethyl adjacent to an activating group) is 1. The van der Waals surface area contributed by atoms with E-state index in [1.807, 2.05) is 19.1 Å². The van der Waals surface area contributed by atoms with Crippen LogP contribution in [0.15, 0.2) is 24.3 Å². The molecule has 1 heterocycles. The van der Waals surface area contributed by atoms with Crippen LogP contribution in [0.1, 0.15) is 25.3 Å². The summed E-state index contributed by atoms with van der Waals surface area (Å²) in [5.74, 6) is 0.109. The second-order valence-electron chi connectivity index (χ2n) is 4.40. The molecule has 1 aromatic carbocycles. The monoisotopic (exact) mass is 243 g/mol. The van der Waals surface area contributed by atoms with E-state index in [0.29, 0.717) is 5.56 Å². The van der Waals surface area contributed by atoms with Crippen LogP contribution in [0.3, 0.4) is 0 Å². The van der Waals surface area contributed by atoms with Crippen LogP contribution in [0.5, 0.6) is 0 Å². The lowest BCUT2D eigenvalue weighted by molar-refractivity contribution is -0.121. The summed E-state index contributed by atoms with van der Waals surface area (Å²) in [7, 11) is 0. The number of carbonyl (C=O) groups excluding carboxylic acids is 1. The molecule has 0 aromatic heterocycles. The summed E-state index contributed by atoms with van der Waals surface area (Å²) in [5.41, 5.74) is 1.41. The van der Waals surface area contributed by atoms with Crippen LogP contribution in [0.2, 0.25) is 0 Å². The zero-order valence-electron chi connectivity index (χ0n) is 10.5. The number of nitrogens with zero attached hydrogens (tertiary/aromatic N) is 2. The lowest BCUT2D eigenvalue weighted by Crippen LogP contribution is -2.50. The topological polar surface area (TPSA) is 56.1 Å². The number of piperidine rings is 1. The Balaban J connectivity index is 2.21. The average molecular weight is 243 g/mol. The highest BCUT2D eigenvalue weighted by Crippen LogP contribution is 2.22. The van der Waals surface area contributed by atoms with Gasteiger partial charge < -0.3 is 10.2 Å². The summed E-state index contributed by atoms with van der Waals surface area (Å²) < 4.78 is 0. The van der Waals surface area contributed by atoms with Crippen molar-refractivity contribution in [3.63, 3.8) is 0 Å². The fraction of sp³-hybridized carbons (Fsp3) is 0.429. The molecule has 0 saturated carbocycles. The van der Waals surface area contributed by atoms with Gasteiger partial charge in [0, 0.05) is 12.2 Å². The Morgan fingerprint density at radius 3 is 3.11 bits per heavy atom. The van der Waals surface area contributed by atoms with Gasteiger partial charge in [-0.3, -0.25) is 4.79 Å². The normalized spacial score (nSPS) is 19.7. The standard InChI is InChI=1S/C14H17N3O/c1-2-16-13-7-4-8-17(14(13)18)12-6-3-5-11(9-12)10-15/h3,5-6,9,13,16H,2,4,7-8H2,1H3. The number of rotatable bonds is 3. The van der Waals surface area contributed by atoms with E-state index in [0.717, 1.165) is 31.6 Å². The molecule has 1 N–H and O–H groups in total. The summed E-state index contributed by atoms with van der Waals surface area (Å²) >= 11 is 0. The maximum atomic E-state index is 12.3. The molecule has 1 fully saturated rings. The molecule has 1 unspecified atom stereocenters. The minimum absolute atomic E-state index is 0.0884. The first-order valence-corrected chi connectivity index (χ1v) is 6.31.